The topological polar surface area (TPSA) is 47.6 Å². The van der Waals surface area contributed by atoms with Crippen molar-refractivity contribution in [2.75, 3.05) is 13.2 Å². The Morgan fingerprint density at radius 1 is 1.04 bits per heavy atom. The third-order valence-electron chi connectivity index (χ3n) is 3.71. The number of amides is 1. The van der Waals surface area contributed by atoms with Crippen molar-refractivity contribution in [1.29, 1.82) is 0 Å². The summed E-state index contributed by atoms with van der Waals surface area (Å²) >= 11 is 3.52. The van der Waals surface area contributed by atoms with Crippen LogP contribution in [0.2, 0.25) is 0 Å². The molecule has 25 heavy (non-hydrogen) atoms. The minimum atomic E-state index is -0.168. The molecule has 1 atom stereocenters. The zero-order valence-electron chi connectivity index (χ0n) is 15.1. The molecule has 5 heteroatoms. The summed E-state index contributed by atoms with van der Waals surface area (Å²) < 4.78 is 12.3. The second-order valence-corrected chi connectivity index (χ2v) is 7.05. The van der Waals surface area contributed by atoms with E-state index in [0.29, 0.717) is 12.4 Å². The lowest BCUT2D eigenvalue weighted by Gasteiger charge is -2.16. The molecule has 0 fully saturated rings. The highest BCUT2D eigenvalue weighted by molar-refractivity contribution is 9.10. The Hall–Kier alpha value is -2.01. The number of carbonyl (C=O) groups is 1. The maximum Gasteiger partial charge on any atom is 0.258 e. The Kier molecular flexibility index (Phi) is 6.88. The number of hydrogen-bond acceptors (Lipinski definition) is 3. The number of benzene rings is 2. The second kappa shape index (κ2) is 8.90. The molecular formula is C20H24BrNO3. The van der Waals surface area contributed by atoms with Gasteiger partial charge in [-0.05, 0) is 63.1 Å². The summed E-state index contributed by atoms with van der Waals surface area (Å²) in [6.07, 6.45) is 0. The van der Waals surface area contributed by atoms with Crippen LogP contribution in [0.5, 0.6) is 11.5 Å². The zero-order chi connectivity index (χ0) is 18.4. The van der Waals surface area contributed by atoms with E-state index in [1.54, 1.807) is 0 Å². The average molecular weight is 406 g/mol. The maximum atomic E-state index is 12.0. The lowest BCUT2D eigenvalue weighted by atomic mass is 10.1. The van der Waals surface area contributed by atoms with Gasteiger partial charge in [-0.25, -0.2) is 0 Å². The largest absolute Gasteiger partial charge is 0.491 e. The molecule has 4 nitrogen and oxygen atoms in total. The van der Waals surface area contributed by atoms with Gasteiger partial charge in [-0.3, -0.25) is 4.79 Å². The molecule has 0 radical (unpaired) electrons. The van der Waals surface area contributed by atoms with Gasteiger partial charge < -0.3 is 14.8 Å². The molecule has 0 spiro atoms. The normalized spacial score (nSPS) is 11.7. The molecule has 2 rings (SSSR count). The molecule has 134 valence electrons. The van der Waals surface area contributed by atoms with Gasteiger partial charge in [-0.1, -0.05) is 33.6 Å². The first-order chi connectivity index (χ1) is 11.8. The summed E-state index contributed by atoms with van der Waals surface area (Å²) in [5, 5.41) is 2.87. The molecule has 0 bridgehead atoms. The van der Waals surface area contributed by atoms with E-state index in [4.69, 9.17) is 9.47 Å². The summed E-state index contributed by atoms with van der Waals surface area (Å²) in [6.45, 7) is 8.31. The van der Waals surface area contributed by atoms with Crippen molar-refractivity contribution in [3.05, 3.63) is 57.6 Å². The number of nitrogens with one attached hydrogen (secondary N) is 1. The summed E-state index contributed by atoms with van der Waals surface area (Å²) in [5.74, 6) is 1.32. The molecule has 0 aliphatic rings. The lowest BCUT2D eigenvalue weighted by molar-refractivity contribution is -0.123. The molecule has 1 N–H and O–H groups in total. The Balaban J connectivity index is 1.76. The molecule has 2 aromatic rings. The van der Waals surface area contributed by atoms with Crippen LogP contribution in [-0.4, -0.2) is 25.2 Å². The molecule has 1 amide bonds. The fraction of sp³-hybridized carbons (Fsp3) is 0.350. The number of aryl methyl sites for hydroxylation is 3. The van der Waals surface area contributed by atoms with E-state index in [2.05, 4.69) is 21.2 Å². The van der Waals surface area contributed by atoms with Gasteiger partial charge in [0.05, 0.1) is 6.04 Å². The Morgan fingerprint density at radius 2 is 1.64 bits per heavy atom. The first kappa shape index (κ1) is 19.3. The van der Waals surface area contributed by atoms with Crippen LogP contribution in [0, 0.1) is 20.8 Å². The minimum Gasteiger partial charge on any atom is -0.491 e. The van der Waals surface area contributed by atoms with E-state index >= 15 is 0 Å². The van der Waals surface area contributed by atoms with Crippen LogP contribution in [0.15, 0.2) is 40.9 Å². The third-order valence-corrected chi connectivity index (χ3v) is 4.96. The first-order valence-electron chi connectivity index (χ1n) is 8.23. The van der Waals surface area contributed by atoms with Crippen molar-refractivity contribution in [2.45, 2.75) is 33.7 Å². The highest BCUT2D eigenvalue weighted by Crippen LogP contribution is 2.26. The molecule has 0 aliphatic carbocycles. The molecule has 0 saturated heterocycles. The van der Waals surface area contributed by atoms with Crippen LogP contribution >= 0.6 is 15.9 Å². The predicted molar refractivity (Wildman–Crippen MR) is 103 cm³/mol. The van der Waals surface area contributed by atoms with Crippen molar-refractivity contribution in [2.24, 2.45) is 0 Å². The van der Waals surface area contributed by atoms with Crippen LogP contribution in [0.1, 0.15) is 23.6 Å². The Bertz CT molecular complexity index is 705. The van der Waals surface area contributed by atoms with Gasteiger partial charge in [-0.15, -0.1) is 0 Å². The summed E-state index contributed by atoms with van der Waals surface area (Å²) in [6, 6.07) is 11.5. The highest BCUT2D eigenvalue weighted by Gasteiger charge is 2.10. The average Bonchev–Trinajstić information content (AvgIpc) is 2.57. The van der Waals surface area contributed by atoms with Crippen LogP contribution in [0.25, 0.3) is 0 Å². The highest BCUT2D eigenvalue weighted by atomic mass is 79.9. The molecule has 0 heterocycles. The first-order valence-corrected chi connectivity index (χ1v) is 9.03. The van der Waals surface area contributed by atoms with Gasteiger partial charge in [0, 0.05) is 4.47 Å². The summed E-state index contributed by atoms with van der Waals surface area (Å²) in [7, 11) is 0. The number of halogens is 1. The molecule has 2 aromatic carbocycles. The van der Waals surface area contributed by atoms with E-state index in [1.807, 2.05) is 64.1 Å². The van der Waals surface area contributed by atoms with Gasteiger partial charge in [0.1, 0.15) is 18.1 Å². The van der Waals surface area contributed by atoms with Gasteiger partial charge in [0.25, 0.3) is 5.91 Å². The number of rotatable bonds is 7. The minimum absolute atomic E-state index is 0.0185. The van der Waals surface area contributed by atoms with E-state index in [1.165, 1.54) is 5.56 Å². The molecule has 0 aromatic heterocycles. The fourth-order valence-electron chi connectivity index (χ4n) is 2.35. The van der Waals surface area contributed by atoms with Crippen molar-refractivity contribution < 1.29 is 14.3 Å². The number of carbonyl (C=O) groups excluding carboxylic acids is 1. The predicted octanol–water partition coefficient (Wildman–Crippen LogP) is 4.34. The van der Waals surface area contributed by atoms with Crippen molar-refractivity contribution >= 4 is 21.8 Å². The lowest BCUT2D eigenvalue weighted by Crippen LogP contribution is -2.39. The van der Waals surface area contributed by atoms with E-state index < -0.39 is 0 Å². The molecule has 0 saturated carbocycles. The van der Waals surface area contributed by atoms with Crippen molar-refractivity contribution in [3.63, 3.8) is 0 Å². The van der Waals surface area contributed by atoms with Gasteiger partial charge >= 0.3 is 0 Å². The SMILES string of the molecule is Cc1ccc(OC[C@H](C)NC(=O)COc2cc(C)c(Br)c(C)c2)cc1. The molecule has 0 aliphatic heterocycles. The number of ether oxygens (including phenoxy) is 2. The summed E-state index contributed by atoms with van der Waals surface area (Å²) in [5.41, 5.74) is 3.34. The van der Waals surface area contributed by atoms with Crippen molar-refractivity contribution in [3.8, 4) is 11.5 Å². The van der Waals surface area contributed by atoms with Gasteiger partial charge in [0.15, 0.2) is 6.61 Å². The Labute approximate surface area is 157 Å². The van der Waals surface area contributed by atoms with Crippen LogP contribution < -0.4 is 14.8 Å². The maximum absolute atomic E-state index is 12.0. The molecule has 0 unspecified atom stereocenters. The monoisotopic (exact) mass is 405 g/mol. The van der Waals surface area contributed by atoms with Crippen LogP contribution in [0.3, 0.4) is 0 Å². The standard InChI is InChI=1S/C20H24BrNO3/c1-13-5-7-17(8-6-13)24-11-16(4)22-19(23)12-25-18-9-14(2)20(21)15(3)10-18/h5-10,16H,11-12H2,1-4H3,(H,22,23)/t16-/m0/s1. The van der Waals surface area contributed by atoms with Crippen LogP contribution in [0.4, 0.5) is 0 Å². The third kappa shape index (κ3) is 6.09. The molecular weight excluding hydrogens is 382 g/mol. The zero-order valence-corrected chi connectivity index (χ0v) is 16.6. The van der Waals surface area contributed by atoms with Crippen molar-refractivity contribution in [1.82, 2.24) is 5.32 Å². The number of hydrogen-bond donors (Lipinski definition) is 1. The van der Waals surface area contributed by atoms with Gasteiger partial charge in [-0.2, -0.15) is 0 Å². The van der Waals surface area contributed by atoms with Gasteiger partial charge in [0.2, 0.25) is 0 Å². The smallest absolute Gasteiger partial charge is 0.258 e. The van der Waals surface area contributed by atoms with E-state index in [9.17, 15) is 4.79 Å². The second-order valence-electron chi connectivity index (χ2n) is 6.25. The van der Waals surface area contributed by atoms with E-state index in [-0.39, 0.29) is 18.6 Å². The Morgan fingerprint density at radius 3 is 2.24 bits per heavy atom. The van der Waals surface area contributed by atoms with Crippen LogP contribution in [-0.2, 0) is 4.79 Å². The fourth-order valence-corrected chi connectivity index (χ4v) is 2.58. The quantitative estimate of drug-likeness (QED) is 0.745. The summed E-state index contributed by atoms with van der Waals surface area (Å²) in [4.78, 5) is 12.0. The van der Waals surface area contributed by atoms with E-state index in [0.717, 1.165) is 21.3 Å².